The van der Waals surface area contributed by atoms with Crippen LogP contribution in [-0.2, 0) is 11.2 Å². The van der Waals surface area contributed by atoms with Gasteiger partial charge in [-0.1, -0.05) is 50.8 Å². The molecule has 0 atom stereocenters. The first-order chi connectivity index (χ1) is 10.3. The van der Waals surface area contributed by atoms with Gasteiger partial charge in [-0.25, -0.2) is 0 Å². The van der Waals surface area contributed by atoms with Crippen LogP contribution in [0.1, 0.15) is 57.4 Å². The largest absolute Gasteiger partial charge is 0.384 e. The highest BCUT2D eigenvalue weighted by atomic mass is 16.1. The minimum atomic E-state index is 0.184. The lowest BCUT2D eigenvalue weighted by Gasteiger charge is -2.16. The Morgan fingerprint density at radius 3 is 2.57 bits per heavy atom. The van der Waals surface area contributed by atoms with Crippen LogP contribution in [0.2, 0.25) is 0 Å². The van der Waals surface area contributed by atoms with E-state index >= 15 is 0 Å². The number of benzene rings is 1. The van der Waals surface area contributed by atoms with E-state index in [1.165, 1.54) is 31.2 Å². The molecule has 1 aliphatic rings. The first-order valence-corrected chi connectivity index (χ1v) is 8.40. The molecule has 1 saturated carbocycles. The summed E-state index contributed by atoms with van der Waals surface area (Å²) in [5.74, 6) is 0.184. The summed E-state index contributed by atoms with van der Waals surface area (Å²) in [5, 5.41) is 6.58. The van der Waals surface area contributed by atoms with Crippen molar-refractivity contribution in [3.05, 3.63) is 29.8 Å². The molecule has 0 bridgehead atoms. The maximum atomic E-state index is 12.0. The molecule has 1 fully saturated rings. The molecule has 116 valence electrons. The van der Waals surface area contributed by atoms with Gasteiger partial charge in [-0.3, -0.25) is 4.79 Å². The molecule has 0 radical (unpaired) electrons. The van der Waals surface area contributed by atoms with Gasteiger partial charge in [0.15, 0.2) is 0 Å². The average molecular weight is 288 g/mol. The molecular weight excluding hydrogens is 260 g/mol. The molecule has 1 aromatic rings. The molecule has 1 aromatic carbocycles. The highest BCUT2D eigenvalue weighted by molar-refractivity contribution is 5.76. The van der Waals surface area contributed by atoms with Gasteiger partial charge in [-0.15, -0.1) is 0 Å². The number of rotatable bonds is 6. The molecular formula is C18H28N2O. The maximum absolute atomic E-state index is 12.0. The van der Waals surface area contributed by atoms with Gasteiger partial charge in [-0.05, 0) is 30.9 Å². The number of amides is 1. The first kappa shape index (κ1) is 15.9. The quantitative estimate of drug-likeness (QED) is 0.780. The van der Waals surface area contributed by atoms with E-state index in [0.29, 0.717) is 19.0 Å². The van der Waals surface area contributed by atoms with E-state index < -0.39 is 0 Å². The molecule has 1 aliphatic carbocycles. The second-order valence-corrected chi connectivity index (χ2v) is 5.94. The number of nitrogens with one attached hydrogen (secondary N) is 2. The van der Waals surface area contributed by atoms with Crippen molar-refractivity contribution in [3.8, 4) is 0 Å². The van der Waals surface area contributed by atoms with Gasteiger partial charge in [0.2, 0.25) is 5.91 Å². The lowest BCUT2D eigenvalue weighted by atomic mass is 10.1. The normalized spacial score (nSPS) is 16.2. The summed E-state index contributed by atoms with van der Waals surface area (Å²) < 4.78 is 0. The van der Waals surface area contributed by atoms with E-state index in [9.17, 15) is 4.79 Å². The molecule has 0 spiro atoms. The summed E-state index contributed by atoms with van der Waals surface area (Å²) in [6.45, 7) is 2.86. The monoisotopic (exact) mass is 288 g/mol. The molecule has 2 N–H and O–H groups in total. The Hall–Kier alpha value is -1.51. The summed E-state index contributed by atoms with van der Waals surface area (Å²) >= 11 is 0. The fraction of sp³-hybridized carbons (Fsp3) is 0.611. The molecule has 21 heavy (non-hydrogen) atoms. The second kappa shape index (κ2) is 8.71. The van der Waals surface area contributed by atoms with E-state index in [1.807, 2.05) is 6.07 Å². The summed E-state index contributed by atoms with van der Waals surface area (Å²) in [6.07, 6.45) is 9.02. The van der Waals surface area contributed by atoms with Crippen molar-refractivity contribution < 1.29 is 4.79 Å². The predicted octanol–water partition coefficient (Wildman–Crippen LogP) is 3.89. The van der Waals surface area contributed by atoms with Crippen molar-refractivity contribution >= 4 is 11.6 Å². The van der Waals surface area contributed by atoms with Crippen LogP contribution < -0.4 is 10.6 Å². The van der Waals surface area contributed by atoms with E-state index in [0.717, 1.165) is 24.9 Å². The fourth-order valence-corrected chi connectivity index (χ4v) is 3.04. The number of carbonyl (C=O) groups excluding carboxylic acids is 1. The average Bonchev–Trinajstić information content (AvgIpc) is 2.76. The SMILES string of the molecule is CCc1ccccc1NCCC(=O)NC1CCCCCC1. The van der Waals surface area contributed by atoms with Crippen molar-refractivity contribution in [2.75, 3.05) is 11.9 Å². The number of carbonyl (C=O) groups is 1. The molecule has 0 aliphatic heterocycles. The van der Waals surface area contributed by atoms with Gasteiger partial charge in [0, 0.05) is 24.7 Å². The Morgan fingerprint density at radius 2 is 1.86 bits per heavy atom. The molecule has 0 saturated heterocycles. The molecule has 0 heterocycles. The Morgan fingerprint density at radius 1 is 1.14 bits per heavy atom. The summed E-state index contributed by atoms with van der Waals surface area (Å²) in [7, 11) is 0. The fourth-order valence-electron chi connectivity index (χ4n) is 3.04. The number of hydrogen-bond donors (Lipinski definition) is 2. The number of hydrogen-bond acceptors (Lipinski definition) is 2. The van der Waals surface area contributed by atoms with E-state index in [4.69, 9.17) is 0 Å². The van der Waals surface area contributed by atoms with Crippen molar-refractivity contribution in [3.63, 3.8) is 0 Å². The molecule has 3 nitrogen and oxygen atoms in total. The van der Waals surface area contributed by atoms with E-state index in [-0.39, 0.29) is 5.91 Å². The van der Waals surface area contributed by atoms with Crippen LogP contribution in [0, 0.1) is 0 Å². The first-order valence-electron chi connectivity index (χ1n) is 8.40. The maximum Gasteiger partial charge on any atom is 0.221 e. The zero-order valence-electron chi connectivity index (χ0n) is 13.2. The van der Waals surface area contributed by atoms with Gasteiger partial charge >= 0.3 is 0 Å². The molecule has 1 amide bonds. The van der Waals surface area contributed by atoms with Gasteiger partial charge < -0.3 is 10.6 Å². The van der Waals surface area contributed by atoms with Gasteiger partial charge in [0.25, 0.3) is 0 Å². The van der Waals surface area contributed by atoms with Crippen LogP contribution in [0.4, 0.5) is 5.69 Å². The molecule has 0 unspecified atom stereocenters. The molecule has 0 aromatic heterocycles. The van der Waals surface area contributed by atoms with Gasteiger partial charge in [0.05, 0.1) is 0 Å². The molecule has 2 rings (SSSR count). The summed E-state index contributed by atoms with van der Waals surface area (Å²) in [4.78, 5) is 12.0. The third-order valence-corrected chi connectivity index (χ3v) is 4.29. The zero-order valence-corrected chi connectivity index (χ0v) is 13.2. The zero-order chi connectivity index (χ0) is 14.9. The number of aryl methyl sites for hydroxylation is 1. The van der Waals surface area contributed by atoms with Crippen LogP contribution in [0.15, 0.2) is 24.3 Å². The Kier molecular flexibility index (Phi) is 6.58. The Balaban J connectivity index is 1.71. The van der Waals surface area contributed by atoms with Crippen LogP contribution in [-0.4, -0.2) is 18.5 Å². The summed E-state index contributed by atoms with van der Waals surface area (Å²) in [5.41, 5.74) is 2.46. The highest BCUT2D eigenvalue weighted by Gasteiger charge is 2.14. The lowest BCUT2D eigenvalue weighted by Crippen LogP contribution is -2.35. The third-order valence-electron chi connectivity index (χ3n) is 4.29. The number of para-hydroxylation sites is 1. The highest BCUT2D eigenvalue weighted by Crippen LogP contribution is 2.17. The Labute approximate surface area is 128 Å². The second-order valence-electron chi connectivity index (χ2n) is 5.94. The van der Waals surface area contributed by atoms with E-state index in [2.05, 4.69) is 35.8 Å². The third kappa shape index (κ3) is 5.41. The van der Waals surface area contributed by atoms with Crippen LogP contribution in [0.5, 0.6) is 0 Å². The molecule has 3 heteroatoms. The van der Waals surface area contributed by atoms with Crippen LogP contribution in [0.3, 0.4) is 0 Å². The Bertz CT molecular complexity index is 437. The van der Waals surface area contributed by atoms with Gasteiger partial charge in [0.1, 0.15) is 0 Å². The van der Waals surface area contributed by atoms with E-state index in [1.54, 1.807) is 0 Å². The standard InChI is InChI=1S/C18H28N2O/c1-2-15-9-7-8-12-17(15)19-14-13-18(21)20-16-10-5-3-4-6-11-16/h7-9,12,16,19H,2-6,10-11,13-14H2,1H3,(H,20,21). The van der Waals surface area contributed by atoms with Crippen molar-refractivity contribution in [2.45, 2.75) is 64.3 Å². The van der Waals surface area contributed by atoms with Crippen LogP contribution >= 0.6 is 0 Å². The minimum absolute atomic E-state index is 0.184. The van der Waals surface area contributed by atoms with Crippen LogP contribution in [0.25, 0.3) is 0 Å². The topological polar surface area (TPSA) is 41.1 Å². The van der Waals surface area contributed by atoms with Crippen molar-refractivity contribution in [1.29, 1.82) is 0 Å². The number of anilines is 1. The van der Waals surface area contributed by atoms with Crippen molar-refractivity contribution in [1.82, 2.24) is 5.32 Å². The van der Waals surface area contributed by atoms with Gasteiger partial charge in [-0.2, -0.15) is 0 Å². The summed E-state index contributed by atoms with van der Waals surface area (Å²) in [6, 6.07) is 8.72. The lowest BCUT2D eigenvalue weighted by molar-refractivity contribution is -0.121. The predicted molar refractivity (Wildman–Crippen MR) is 88.6 cm³/mol. The van der Waals surface area contributed by atoms with Crippen molar-refractivity contribution in [2.24, 2.45) is 0 Å². The minimum Gasteiger partial charge on any atom is -0.384 e. The smallest absolute Gasteiger partial charge is 0.221 e.